The minimum absolute atomic E-state index is 0.0755. The highest BCUT2D eigenvalue weighted by atomic mass is 16.2. The summed E-state index contributed by atoms with van der Waals surface area (Å²) in [5.74, 6) is 0.304. The minimum atomic E-state index is 0.0755. The van der Waals surface area contributed by atoms with E-state index in [1.54, 1.807) is 0 Å². The van der Waals surface area contributed by atoms with E-state index in [0.29, 0.717) is 19.5 Å². The molecule has 1 aromatic carbocycles. The molecule has 1 aliphatic rings. The van der Waals surface area contributed by atoms with Crippen LogP contribution in [-0.4, -0.2) is 47.8 Å². The molecular formula is C18H26N2O2. The number of amides is 2. The maximum absolute atomic E-state index is 12.6. The van der Waals surface area contributed by atoms with Crippen molar-refractivity contribution in [3.63, 3.8) is 0 Å². The van der Waals surface area contributed by atoms with E-state index in [1.807, 2.05) is 41.0 Å². The zero-order valence-electron chi connectivity index (χ0n) is 13.7. The smallest absolute Gasteiger partial charge is 0.253 e. The molecule has 1 aliphatic heterocycles. The Morgan fingerprint density at radius 1 is 1.09 bits per heavy atom. The molecule has 1 saturated heterocycles. The zero-order valence-corrected chi connectivity index (χ0v) is 13.7. The molecule has 0 saturated carbocycles. The summed E-state index contributed by atoms with van der Waals surface area (Å²) < 4.78 is 0. The summed E-state index contributed by atoms with van der Waals surface area (Å²) in [5.41, 5.74) is 1.84. The molecule has 0 bridgehead atoms. The number of unbranched alkanes of at least 4 members (excludes halogenated alkanes) is 1. The Morgan fingerprint density at radius 2 is 1.82 bits per heavy atom. The van der Waals surface area contributed by atoms with Gasteiger partial charge in [-0.05, 0) is 31.9 Å². The lowest BCUT2D eigenvalue weighted by Crippen LogP contribution is -2.37. The number of carbonyl (C=O) groups excluding carboxylic acids is 2. The molecule has 120 valence electrons. The number of hydrogen-bond donors (Lipinski definition) is 0. The van der Waals surface area contributed by atoms with Gasteiger partial charge in [0.1, 0.15) is 0 Å². The topological polar surface area (TPSA) is 40.6 Å². The molecule has 0 spiro atoms. The lowest BCUT2D eigenvalue weighted by molar-refractivity contribution is -0.131. The normalized spacial score (nSPS) is 15.5. The molecule has 0 atom stereocenters. The minimum Gasteiger partial charge on any atom is -0.341 e. The van der Waals surface area contributed by atoms with Gasteiger partial charge >= 0.3 is 0 Å². The summed E-state index contributed by atoms with van der Waals surface area (Å²) in [6.45, 7) is 6.86. The number of carbonyl (C=O) groups is 2. The summed E-state index contributed by atoms with van der Waals surface area (Å²) in [6, 6.07) is 7.70. The van der Waals surface area contributed by atoms with Gasteiger partial charge in [0.05, 0.1) is 0 Å². The molecule has 0 aliphatic carbocycles. The third-order valence-electron chi connectivity index (χ3n) is 4.15. The molecule has 2 amide bonds. The molecule has 0 radical (unpaired) electrons. The van der Waals surface area contributed by atoms with E-state index in [1.165, 1.54) is 0 Å². The number of aryl methyl sites for hydroxylation is 1. The third-order valence-corrected chi connectivity index (χ3v) is 4.15. The van der Waals surface area contributed by atoms with E-state index >= 15 is 0 Å². The lowest BCUT2D eigenvalue weighted by atomic mass is 10.1. The van der Waals surface area contributed by atoms with Crippen molar-refractivity contribution in [2.45, 2.75) is 39.5 Å². The molecule has 4 heteroatoms. The molecule has 0 N–H and O–H groups in total. The number of hydrogen-bond acceptors (Lipinski definition) is 2. The van der Waals surface area contributed by atoms with Gasteiger partial charge in [0, 0.05) is 38.2 Å². The highest BCUT2D eigenvalue weighted by molar-refractivity contribution is 5.94. The molecule has 1 aromatic rings. The predicted octanol–water partition coefficient (Wildman–Crippen LogP) is 2.86. The van der Waals surface area contributed by atoms with E-state index < -0.39 is 0 Å². The van der Waals surface area contributed by atoms with Crippen molar-refractivity contribution in [3.05, 3.63) is 35.4 Å². The molecular weight excluding hydrogens is 276 g/mol. The highest BCUT2D eigenvalue weighted by Gasteiger charge is 2.22. The number of benzene rings is 1. The van der Waals surface area contributed by atoms with Gasteiger partial charge in [-0.2, -0.15) is 0 Å². The van der Waals surface area contributed by atoms with Crippen LogP contribution in [0.25, 0.3) is 0 Å². The second kappa shape index (κ2) is 7.97. The summed E-state index contributed by atoms with van der Waals surface area (Å²) in [7, 11) is 0. The fraction of sp³-hybridized carbons (Fsp3) is 0.556. The molecule has 1 fully saturated rings. The van der Waals surface area contributed by atoms with E-state index in [9.17, 15) is 9.59 Å². The first kappa shape index (κ1) is 16.5. The Kier molecular flexibility index (Phi) is 5.99. The summed E-state index contributed by atoms with van der Waals surface area (Å²) >= 11 is 0. The van der Waals surface area contributed by atoms with Crippen molar-refractivity contribution in [3.8, 4) is 0 Å². The SMILES string of the molecule is CCCCC(=O)N1CCCN(C(=O)c2cccc(C)c2)CC1. The van der Waals surface area contributed by atoms with Crippen LogP contribution in [0.3, 0.4) is 0 Å². The van der Waals surface area contributed by atoms with Crippen molar-refractivity contribution >= 4 is 11.8 Å². The van der Waals surface area contributed by atoms with Crippen molar-refractivity contribution in [2.24, 2.45) is 0 Å². The van der Waals surface area contributed by atoms with Crippen LogP contribution in [0.4, 0.5) is 0 Å². The standard InChI is InChI=1S/C18H26N2O2/c1-3-4-9-17(21)19-10-6-11-20(13-12-19)18(22)16-8-5-7-15(2)14-16/h5,7-8,14H,3-4,6,9-13H2,1-2H3. The van der Waals surface area contributed by atoms with E-state index in [-0.39, 0.29) is 11.8 Å². The maximum Gasteiger partial charge on any atom is 0.253 e. The molecule has 0 unspecified atom stereocenters. The number of nitrogens with zero attached hydrogens (tertiary/aromatic N) is 2. The van der Waals surface area contributed by atoms with Crippen LogP contribution in [0.1, 0.15) is 48.5 Å². The Bertz CT molecular complexity index is 528. The van der Waals surface area contributed by atoms with Crippen LogP contribution in [-0.2, 0) is 4.79 Å². The van der Waals surface area contributed by atoms with Crippen molar-refractivity contribution in [1.29, 1.82) is 0 Å². The summed E-state index contributed by atoms with van der Waals surface area (Å²) in [5, 5.41) is 0. The van der Waals surface area contributed by atoms with Gasteiger partial charge in [0.15, 0.2) is 0 Å². The van der Waals surface area contributed by atoms with E-state index in [2.05, 4.69) is 6.92 Å². The second-order valence-corrected chi connectivity index (χ2v) is 6.00. The first-order valence-corrected chi connectivity index (χ1v) is 8.25. The quantitative estimate of drug-likeness (QED) is 0.858. The summed E-state index contributed by atoms with van der Waals surface area (Å²) in [6.07, 6.45) is 3.47. The van der Waals surface area contributed by atoms with Gasteiger partial charge in [-0.3, -0.25) is 9.59 Å². The number of rotatable bonds is 4. The van der Waals surface area contributed by atoms with Crippen molar-refractivity contribution in [1.82, 2.24) is 9.80 Å². The molecule has 0 aromatic heterocycles. The first-order valence-electron chi connectivity index (χ1n) is 8.25. The van der Waals surface area contributed by atoms with E-state index in [0.717, 1.165) is 43.5 Å². The Morgan fingerprint density at radius 3 is 2.55 bits per heavy atom. The van der Waals surface area contributed by atoms with E-state index in [4.69, 9.17) is 0 Å². The molecule has 2 rings (SSSR count). The highest BCUT2D eigenvalue weighted by Crippen LogP contribution is 2.12. The average molecular weight is 302 g/mol. The van der Waals surface area contributed by atoms with Gasteiger partial charge in [-0.1, -0.05) is 31.0 Å². The monoisotopic (exact) mass is 302 g/mol. The van der Waals surface area contributed by atoms with Gasteiger partial charge in [-0.15, -0.1) is 0 Å². The van der Waals surface area contributed by atoms with Crippen LogP contribution in [0.2, 0.25) is 0 Å². The zero-order chi connectivity index (χ0) is 15.9. The second-order valence-electron chi connectivity index (χ2n) is 6.00. The summed E-state index contributed by atoms with van der Waals surface area (Å²) in [4.78, 5) is 28.5. The van der Waals surface area contributed by atoms with Gasteiger partial charge in [0.2, 0.25) is 5.91 Å². The van der Waals surface area contributed by atoms with Crippen LogP contribution in [0.5, 0.6) is 0 Å². The van der Waals surface area contributed by atoms with Crippen LogP contribution < -0.4 is 0 Å². The lowest BCUT2D eigenvalue weighted by Gasteiger charge is -2.22. The van der Waals surface area contributed by atoms with Crippen LogP contribution in [0.15, 0.2) is 24.3 Å². The largest absolute Gasteiger partial charge is 0.341 e. The first-order chi connectivity index (χ1) is 10.6. The van der Waals surface area contributed by atoms with Gasteiger partial charge in [0.25, 0.3) is 5.91 Å². The molecule has 1 heterocycles. The average Bonchev–Trinajstić information content (AvgIpc) is 2.78. The Balaban J connectivity index is 1.95. The van der Waals surface area contributed by atoms with Gasteiger partial charge in [-0.25, -0.2) is 0 Å². The predicted molar refractivity (Wildman–Crippen MR) is 87.8 cm³/mol. The Labute approximate surface area is 133 Å². The van der Waals surface area contributed by atoms with Crippen LogP contribution in [0, 0.1) is 6.92 Å². The maximum atomic E-state index is 12.6. The molecule has 22 heavy (non-hydrogen) atoms. The molecule has 4 nitrogen and oxygen atoms in total. The van der Waals surface area contributed by atoms with Crippen LogP contribution >= 0.6 is 0 Å². The van der Waals surface area contributed by atoms with Gasteiger partial charge < -0.3 is 9.80 Å². The third kappa shape index (κ3) is 4.33. The van der Waals surface area contributed by atoms with Crippen molar-refractivity contribution < 1.29 is 9.59 Å². The fourth-order valence-corrected chi connectivity index (χ4v) is 2.82. The fourth-order valence-electron chi connectivity index (χ4n) is 2.82. The van der Waals surface area contributed by atoms with Crippen molar-refractivity contribution in [2.75, 3.05) is 26.2 Å². The Hall–Kier alpha value is -1.84.